The number of sulfonamides is 1. The zero-order valence-electron chi connectivity index (χ0n) is 9.39. The Hall–Kier alpha value is -0.620. The molecule has 0 spiro atoms. The van der Waals surface area contributed by atoms with Gasteiger partial charge in [0.05, 0.1) is 5.02 Å². The lowest BCUT2D eigenvalue weighted by Crippen LogP contribution is -2.28. The van der Waals surface area contributed by atoms with E-state index in [2.05, 4.69) is 0 Å². The molecule has 2 N–H and O–H groups in total. The Morgan fingerprint density at radius 3 is 2.47 bits per heavy atom. The molecule has 0 unspecified atom stereocenters. The van der Waals surface area contributed by atoms with E-state index < -0.39 is 10.0 Å². The van der Waals surface area contributed by atoms with E-state index in [1.165, 1.54) is 10.4 Å². The Labute approximate surface area is 106 Å². The van der Waals surface area contributed by atoms with Gasteiger partial charge in [0.15, 0.2) is 0 Å². The summed E-state index contributed by atoms with van der Waals surface area (Å²) in [5.74, 6) is 0. The highest BCUT2D eigenvalue weighted by atomic mass is 35.5. The highest BCUT2D eigenvalue weighted by Crippen LogP contribution is 2.27. The number of hydrogen-bond donors (Lipinski definition) is 1. The summed E-state index contributed by atoms with van der Waals surface area (Å²) in [4.78, 5) is 0.179. The van der Waals surface area contributed by atoms with Gasteiger partial charge in [-0.1, -0.05) is 17.7 Å². The van der Waals surface area contributed by atoms with Crippen molar-refractivity contribution in [3.63, 3.8) is 0 Å². The lowest BCUT2D eigenvalue weighted by molar-refractivity contribution is 0.477. The third-order valence-electron chi connectivity index (χ3n) is 2.91. The molecular weight excluding hydrogens is 260 g/mol. The van der Waals surface area contributed by atoms with Crippen molar-refractivity contribution in [2.24, 2.45) is 5.73 Å². The maximum Gasteiger partial charge on any atom is 0.244 e. The molecule has 0 aromatic heterocycles. The van der Waals surface area contributed by atoms with E-state index in [0.717, 1.165) is 18.4 Å². The number of nitrogens with zero attached hydrogens (tertiary/aromatic N) is 1. The largest absolute Gasteiger partial charge is 0.326 e. The van der Waals surface area contributed by atoms with E-state index in [4.69, 9.17) is 17.3 Å². The molecule has 0 radical (unpaired) electrons. The minimum atomic E-state index is -3.43. The zero-order valence-corrected chi connectivity index (χ0v) is 11.0. The number of halogens is 1. The first-order valence-corrected chi connectivity index (χ1v) is 7.36. The maximum absolute atomic E-state index is 12.3. The van der Waals surface area contributed by atoms with E-state index >= 15 is 0 Å². The number of rotatable bonds is 3. The fourth-order valence-corrected chi connectivity index (χ4v) is 4.01. The van der Waals surface area contributed by atoms with Crippen LogP contribution in [0.2, 0.25) is 5.02 Å². The summed E-state index contributed by atoms with van der Waals surface area (Å²) in [6.45, 7) is 1.51. The van der Waals surface area contributed by atoms with Crippen LogP contribution in [-0.2, 0) is 16.6 Å². The molecule has 1 saturated heterocycles. The molecule has 1 fully saturated rings. The summed E-state index contributed by atoms with van der Waals surface area (Å²) >= 11 is 6.01. The first-order valence-electron chi connectivity index (χ1n) is 5.54. The summed E-state index contributed by atoms with van der Waals surface area (Å²) in [5.41, 5.74) is 6.31. The second-order valence-corrected chi connectivity index (χ2v) is 6.39. The van der Waals surface area contributed by atoms with Gasteiger partial charge >= 0.3 is 0 Å². The molecule has 6 heteroatoms. The average Bonchev–Trinajstić information content (AvgIpc) is 2.82. The van der Waals surface area contributed by atoms with Crippen molar-refractivity contribution in [2.45, 2.75) is 24.3 Å². The summed E-state index contributed by atoms with van der Waals surface area (Å²) in [5, 5.41) is 0.250. The number of hydrogen-bond acceptors (Lipinski definition) is 3. The highest BCUT2D eigenvalue weighted by Gasteiger charge is 2.28. The van der Waals surface area contributed by atoms with Crippen LogP contribution < -0.4 is 5.73 Å². The molecule has 17 heavy (non-hydrogen) atoms. The first-order chi connectivity index (χ1) is 8.05. The van der Waals surface area contributed by atoms with Gasteiger partial charge in [0.25, 0.3) is 0 Å². The minimum absolute atomic E-state index is 0.179. The Balaban J connectivity index is 2.39. The topological polar surface area (TPSA) is 63.4 Å². The number of benzene rings is 1. The lowest BCUT2D eigenvalue weighted by Gasteiger charge is -2.16. The van der Waals surface area contributed by atoms with Crippen LogP contribution in [0.25, 0.3) is 0 Å². The minimum Gasteiger partial charge on any atom is -0.326 e. The lowest BCUT2D eigenvalue weighted by atomic mass is 10.2. The molecule has 0 amide bonds. The van der Waals surface area contributed by atoms with Gasteiger partial charge in [0.1, 0.15) is 4.90 Å². The van der Waals surface area contributed by atoms with Gasteiger partial charge in [-0.3, -0.25) is 0 Å². The van der Waals surface area contributed by atoms with Crippen LogP contribution in [0.15, 0.2) is 23.1 Å². The molecule has 0 aliphatic carbocycles. The quantitative estimate of drug-likeness (QED) is 0.910. The maximum atomic E-state index is 12.3. The average molecular weight is 275 g/mol. The summed E-state index contributed by atoms with van der Waals surface area (Å²) in [7, 11) is -3.43. The van der Waals surface area contributed by atoms with E-state index in [9.17, 15) is 8.42 Å². The van der Waals surface area contributed by atoms with Crippen LogP contribution in [0.4, 0.5) is 0 Å². The second-order valence-electron chi connectivity index (χ2n) is 4.08. The van der Waals surface area contributed by atoms with E-state index in [-0.39, 0.29) is 9.92 Å². The van der Waals surface area contributed by atoms with Crippen molar-refractivity contribution in [1.29, 1.82) is 0 Å². The van der Waals surface area contributed by atoms with Gasteiger partial charge in [-0.05, 0) is 30.5 Å². The summed E-state index contributed by atoms with van der Waals surface area (Å²) in [6, 6.07) is 4.86. The molecule has 94 valence electrons. The van der Waals surface area contributed by atoms with E-state index in [1.807, 2.05) is 0 Å². The van der Waals surface area contributed by atoms with Gasteiger partial charge in [0.2, 0.25) is 10.0 Å². The fourth-order valence-electron chi connectivity index (χ4n) is 1.95. The Morgan fingerprint density at radius 2 is 1.94 bits per heavy atom. The molecule has 1 aliphatic rings. The Kier molecular flexibility index (Phi) is 3.73. The predicted octanol–water partition coefficient (Wildman–Crippen LogP) is 1.58. The van der Waals surface area contributed by atoms with Crippen LogP contribution in [0.3, 0.4) is 0 Å². The van der Waals surface area contributed by atoms with Crippen molar-refractivity contribution in [1.82, 2.24) is 4.31 Å². The van der Waals surface area contributed by atoms with Gasteiger partial charge in [-0.15, -0.1) is 0 Å². The molecule has 0 bridgehead atoms. The third-order valence-corrected chi connectivity index (χ3v) is 5.30. The van der Waals surface area contributed by atoms with Crippen LogP contribution in [0, 0.1) is 0 Å². The van der Waals surface area contributed by atoms with Crippen LogP contribution >= 0.6 is 11.6 Å². The van der Waals surface area contributed by atoms with Crippen molar-refractivity contribution in [3.8, 4) is 0 Å². The predicted molar refractivity (Wildman–Crippen MR) is 67.3 cm³/mol. The van der Waals surface area contributed by atoms with Crippen LogP contribution in [-0.4, -0.2) is 25.8 Å². The summed E-state index contributed by atoms with van der Waals surface area (Å²) in [6.07, 6.45) is 1.83. The molecule has 1 heterocycles. The van der Waals surface area contributed by atoms with Crippen LogP contribution in [0.1, 0.15) is 18.4 Å². The molecule has 1 aromatic rings. The zero-order chi connectivity index (χ0) is 12.5. The fraction of sp³-hybridized carbons (Fsp3) is 0.455. The van der Waals surface area contributed by atoms with Crippen molar-refractivity contribution < 1.29 is 8.42 Å². The standard InChI is InChI=1S/C11H15ClN2O2S/c12-10-7-9(8-13)3-4-11(10)17(15,16)14-5-1-2-6-14/h3-4,7H,1-2,5-6,8,13H2. The van der Waals surface area contributed by atoms with E-state index in [1.54, 1.807) is 12.1 Å². The SMILES string of the molecule is NCc1ccc(S(=O)(=O)N2CCCC2)c(Cl)c1. The Bertz CT molecular complexity index is 510. The molecule has 4 nitrogen and oxygen atoms in total. The molecule has 2 rings (SSSR count). The molecule has 1 aliphatic heterocycles. The smallest absolute Gasteiger partial charge is 0.244 e. The second kappa shape index (κ2) is 4.94. The first kappa shape index (κ1) is 12.8. The third kappa shape index (κ3) is 2.47. The van der Waals surface area contributed by atoms with Gasteiger partial charge in [-0.25, -0.2) is 8.42 Å². The van der Waals surface area contributed by atoms with Crippen LogP contribution in [0.5, 0.6) is 0 Å². The van der Waals surface area contributed by atoms with Gasteiger partial charge in [-0.2, -0.15) is 4.31 Å². The van der Waals surface area contributed by atoms with Gasteiger partial charge in [0, 0.05) is 19.6 Å². The highest BCUT2D eigenvalue weighted by molar-refractivity contribution is 7.89. The number of nitrogens with two attached hydrogens (primary N) is 1. The normalized spacial score (nSPS) is 17.5. The molecule has 1 aromatic carbocycles. The van der Waals surface area contributed by atoms with E-state index in [0.29, 0.717) is 19.6 Å². The Morgan fingerprint density at radius 1 is 1.29 bits per heavy atom. The van der Waals surface area contributed by atoms with Gasteiger partial charge < -0.3 is 5.73 Å². The van der Waals surface area contributed by atoms with Crippen molar-refractivity contribution in [3.05, 3.63) is 28.8 Å². The molecule has 0 saturated carbocycles. The molecular formula is C11H15ClN2O2S. The van der Waals surface area contributed by atoms with Crippen molar-refractivity contribution in [2.75, 3.05) is 13.1 Å². The molecule has 0 atom stereocenters. The van der Waals surface area contributed by atoms with Crippen molar-refractivity contribution >= 4 is 21.6 Å². The monoisotopic (exact) mass is 274 g/mol. The summed E-state index contributed by atoms with van der Waals surface area (Å²) < 4.78 is 26.0.